The van der Waals surface area contributed by atoms with Crippen molar-refractivity contribution in [3.05, 3.63) is 0 Å². The molecule has 1 radical (unpaired) electrons. The van der Waals surface area contributed by atoms with E-state index < -0.39 is 35.8 Å². The molecule has 0 aromatic carbocycles. The molecule has 0 amide bonds. The van der Waals surface area contributed by atoms with Crippen molar-refractivity contribution in [3.63, 3.8) is 0 Å². The molecular formula is C13H20N3NdO12S3. The van der Waals surface area contributed by atoms with Gasteiger partial charge in [-0.1, -0.05) is 0 Å². The Morgan fingerprint density at radius 2 is 0.625 bits per heavy atom. The van der Waals surface area contributed by atoms with Gasteiger partial charge in [-0.15, -0.1) is 35.3 Å². The molecule has 5 N–H and O–H groups in total. The van der Waals surface area contributed by atoms with Crippen LogP contribution in [-0.4, -0.2) is 76.3 Å². The van der Waals surface area contributed by atoms with Gasteiger partial charge in [-0.3, -0.25) is 5.41 Å². The standard InChI is InChI=1S/3C4H6O4S.CH5N3.Nd/c3*5-3(6)1-9-2-4(7)8;2-1(3)4;/h3*1-2H2,(H,5,6)(H,7,8);(H5,2,3,4);/q;;;;+3/p-3. The molecule has 19 heteroatoms. The normalized spacial score (nSPS) is 8.25. The van der Waals surface area contributed by atoms with Gasteiger partial charge in [-0.2, -0.15) is 0 Å². The maximum absolute atomic E-state index is 9.64. The van der Waals surface area contributed by atoms with E-state index in [1.54, 1.807) is 0 Å². The first-order chi connectivity index (χ1) is 14.1. The van der Waals surface area contributed by atoms with E-state index in [2.05, 4.69) is 11.5 Å². The van der Waals surface area contributed by atoms with Gasteiger partial charge in [-0.05, 0) is 0 Å². The molecule has 0 aromatic heterocycles. The molecule has 0 saturated carbocycles. The average Bonchev–Trinajstić information content (AvgIpc) is 2.53. The maximum Gasteiger partial charge on any atom is 3.00 e. The summed E-state index contributed by atoms with van der Waals surface area (Å²) in [5, 5.41) is 63.9. The zero-order valence-corrected chi connectivity index (χ0v) is 21.7. The molecule has 0 aliphatic carbocycles. The fourth-order valence-electron chi connectivity index (χ4n) is 0.653. The summed E-state index contributed by atoms with van der Waals surface area (Å²) >= 11 is 2.24. The molecule has 0 aliphatic heterocycles. The molecule has 181 valence electrons. The summed E-state index contributed by atoms with van der Waals surface area (Å²) in [5.74, 6) is -9.70. The van der Waals surface area contributed by atoms with E-state index in [-0.39, 0.29) is 85.6 Å². The van der Waals surface area contributed by atoms with Crippen LogP contribution in [0.25, 0.3) is 0 Å². The number of aliphatic carboxylic acids is 6. The van der Waals surface area contributed by atoms with E-state index in [0.29, 0.717) is 0 Å². The third kappa shape index (κ3) is 79.2. The molecule has 0 heterocycles. The molecule has 0 saturated heterocycles. The van der Waals surface area contributed by atoms with Crippen molar-refractivity contribution >= 4 is 77.1 Å². The van der Waals surface area contributed by atoms with Gasteiger partial charge in [0.05, 0.1) is 35.8 Å². The van der Waals surface area contributed by atoms with E-state index >= 15 is 0 Å². The van der Waals surface area contributed by atoms with Gasteiger partial charge in [0.15, 0.2) is 5.96 Å². The molecule has 15 nitrogen and oxygen atoms in total. The Hall–Kier alpha value is -1.51. The number of carboxylic acids is 6. The van der Waals surface area contributed by atoms with Crippen LogP contribution in [-0.2, 0) is 28.8 Å². The third-order valence-electron chi connectivity index (χ3n) is 1.32. The molecule has 0 spiro atoms. The first kappa shape index (κ1) is 40.8. The van der Waals surface area contributed by atoms with Crippen molar-refractivity contribution in [2.45, 2.75) is 0 Å². The Morgan fingerprint density at radius 1 is 0.531 bits per heavy atom. The molecule has 0 fully saturated rings. The number of hydrogen-bond donors (Lipinski definition) is 3. The predicted octanol–water partition coefficient (Wildman–Crippen LogP) is -9.17. The van der Waals surface area contributed by atoms with Crippen LogP contribution < -0.4 is 42.1 Å². The number of thioether (sulfide) groups is 3. The summed E-state index contributed by atoms with van der Waals surface area (Å²) in [5.41, 5.74) is 8.94. The van der Waals surface area contributed by atoms with Gasteiger partial charge in [0, 0.05) is 34.5 Å². The number of nitrogens with two attached hydrogens (primary N) is 2. The summed E-state index contributed by atoms with van der Waals surface area (Å²) in [4.78, 5) is 57.8. The van der Waals surface area contributed by atoms with Gasteiger partial charge in [-0.25, -0.2) is 0 Å². The second-order valence-electron chi connectivity index (χ2n) is 4.17. The van der Waals surface area contributed by atoms with Crippen LogP contribution in [0.2, 0.25) is 0 Å². The van der Waals surface area contributed by atoms with Crippen molar-refractivity contribution in [1.29, 1.82) is 5.41 Å². The summed E-state index contributed by atoms with van der Waals surface area (Å²) in [6.45, 7) is 0. The quantitative estimate of drug-likeness (QED) is 0.130. The molecule has 0 unspecified atom stereocenters. The van der Waals surface area contributed by atoms with Crippen LogP contribution in [0.15, 0.2) is 0 Å². The Bertz CT molecular complexity index is 507. The zero-order chi connectivity index (χ0) is 25.4. The van der Waals surface area contributed by atoms with Crippen molar-refractivity contribution in [1.82, 2.24) is 0 Å². The number of carbonyl (C=O) groups excluding carboxylic acids is 6. The second-order valence-corrected chi connectivity index (χ2v) is 7.12. The van der Waals surface area contributed by atoms with E-state index in [4.69, 9.17) is 5.41 Å². The van der Waals surface area contributed by atoms with Crippen LogP contribution in [0.4, 0.5) is 0 Å². The molecule has 0 bridgehead atoms. The topological polar surface area (TPSA) is 317 Å². The molecule has 0 aromatic rings. The molecule has 0 atom stereocenters. The number of nitrogens with one attached hydrogen (secondary N) is 1. The van der Waals surface area contributed by atoms with Gasteiger partial charge in [0.2, 0.25) is 0 Å². The first-order valence-electron chi connectivity index (χ1n) is 7.13. The first-order valence-corrected chi connectivity index (χ1v) is 10.6. The number of hydrogen-bond acceptors (Lipinski definition) is 16. The fraction of sp³-hybridized carbons (Fsp3) is 0.462. The van der Waals surface area contributed by atoms with E-state index in [9.17, 15) is 59.4 Å². The molecule has 0 rings (SSSR count). The van der Waals surface area contributed by atoms with Crippen molar-refractivity contribution in [3.8, 4) is 0 Å². The van der Waals surface area contributed by atoms with Crippen LogP contribution in [0.3, 0.4) is 0 Å². The zero-order valence-electron chi connectivity index (χ0n) is 19.0. The number of carbonyl (C=O) groups is 6. The Balaban J connectivity index is -0.0000000459. The monoisotopic (exact) mass is 648 g/mol. The second kappa shape index (κ2) is 29.5. The molecule has 0 aliphatic rings. The summed E-state index contributed by atoms with van der Waals surface area (Å²) in [7, 11) is 0. The van der Waals surface area contributed by atoms with Crippen molar-refractivity contribution in [2.24, 2.45) is 11.5 Å². The third-order valence-corrected chi connectivity index (χ3v) is 3.96. The summed E-state index contributed by atoms with van der Waals surface area (Å²) in [6.07, 6.45) is 0. The SMILES string of the molecule is N=C(N)N.O=C([O-])CSCC(=O)[O-].O=C([O-])CSCC(=O)[O-].O=C([O-])CSCC(=O)[O-].[H+].[H+].[H+].[Nd+3]. The number of guanidine groups is 1. The minimum atomic E-state index is -1.26. The van der Waals surface area contributed by atoms with Gasteiger partial charge < -0.3 is 70.9 Å². The van der Waals surface area contributed by atoms with Crippen LogP contribution in [0, 0.1) is 46.2 Å². The minimum absolute atomic E-state index is 0. The smallest absolute Gasteiger partial charge is 0.549 e. The Labute approximate surface area is 231 Å². The summed E-state index contributed by atoms with van der Waals surface area (Å²) in [6, 6.07) is 0. The van der Waals surface area contributed by atoms with Crippen LogP contribution >= 0.6 is 35.3 Å². The van der Waals surface area contributed by atoms with Crippen LogP contribution in [0.1, 0.15) is 4.28 Å². The maximum atomic E-state index is 9.64. The fourth-order valence-corrected chi connectivity index (χ4v) is 1.96. The minimum Gasteiger partial charge on any atom is -0.549 e. The average molecular weight is 651 g/mol. The van der Waals surface area contributed by atoms with E-state index in [1.165, 1.54) is 0 Å². The largest absolute Gasteiger partial charge is 3.00 e. The van der Waals surface area contributed by atoms with Gasteiger partial charge in [0.1, 0.15) is 0 Å². The van der Waals surface area contributed by atoms with E-state index in [0.717, 1.165) is 35.3 Å². The van der Waals surface area contributed by atoms with Crippen LogP contribution in [0.5, 0.6) is 0 Å². The predicted molar refractivity (Wildman–Crippen MR) is 101 cm³/mol. The van der Waals surface area contributed by atoms with Gasteiger partial charge >= 0.3 is 45.1 Å². The number of rotatable bonds is 12. The van der Waals surface area contributed by atoms with Gasteiger partial charge in [0.25, 0.3) is 0 Å². The Morgan fingerprint density at radius 3 is 0.688 bits per heavy atom. The molecular weight excluding hydrogens is 631 g/mol. The number of carboxylic acid groups (broad SMARTS) is 6. The molecule has 32 heavy (non-hydrogen) atoms. The Kier molecular flexibility index (Phi) is 37.6. The van der Waals surface area contributed by atoms with Crippen molar-refractivity contribution in [2.75, 3.05) is 34.5 Å². The summed E-state index contributed by atoms with van der Waals surface area (Å²) < 4.78 is 0. The van der Waals surface area contributed by atoms with E-state index in [1.807, 2.05) is 0 Å². The van der Waals surface area contributed by atoms with Crippen molar-refractivity contribution < 1.29 is 105 Å².